The molecular weight excluding hydrogens is 322 g/mol. The van der Waals surface area contributed by atoms with Gasteiger partial charge in [0.25, 0.3) is 0 Å². The minimum atomic E-state index is 0.00153. The van der Waals surface area contributed by atoms with Gasteiger partial charge in [-0.05, 0) is 85.9 Å². The second-order valence-corrected chi connectivity index (χ2v) is 10.7. The highest BCUT2D eigenvalue weighted by Crippen LogP contribution is 2.77. The monoisotopic (exact) mass is 347 g/mol. The Kier molecular flexibility index (Phi) is 2.06. The third-order valence-corrected chi connectivity index (χ3v) is 10.4. The molecule has 12 bridgehead atoms. The topological polar surface area (TPSA) is 37.4 Å². The Balaban J connectivity index is 1.44. The number of hydrogen-bond donors (Lipinski definition) is 0. The highest BCUT2D eigenvalue weighted by Gasteiger charge is 2.75. The minimum Gasteiger partial charge on any atom is -0.285 e. The van der Waals surface area contributed by atoms with Crippen molar-refractivity contribution in [3.63, 3.8) is 0 Å². The number of imide groups is 1. The summed E-state index contributed by atoms with van der Waals surface area (Å²) in [6.07, 6.45) is 8.06. The van der Waals surface area contributed by atoms with Crippen molar-refractivity contribution in [3.05, 3.63) is 22.3 Å². The van der Waals surface area contributed by atoms with Crippen LogP contribution in [0.25, 0.3) is 0 Å². The third-order valence-electron chi connectivity index (χ3n) is 10.4. The van der Waals surface area contributed by atoms with Crippen LogP contribution in [0.15, 0.2) is 22.3 Å². The fourth-order valence-corrected chi connectivity index (χ4v) is 10.1. The molecule has 0 spiro atoms. The van der Waals surface area contributed by atoms with Gasteiger partial charge in [0, 0.05) is 7.05 Å². The average molecular weight is 347 g/mol. The number of rotatable bonds is 0. The van der Waals surface area contributed by atoms with Crippen LogP contribution in [0.4, 0.5) is 0 Å². The zero-order chi connectivity index (χ0) is 17.1. The summed E-state index contributed by atoms with van der Waals surface area (Å²) in [7, 11) is 1.73. The lowest BCUT2D eigenvalue weighted by atomic mass is 9.64. The number of carbonyl (C=O) groups is 2. The smallest absolute Gasteiger partial charge is 0.233 e. The molecule has 1 aliphatic heterocycles. The molecule has 0 radical (unpaired) electrons. The van der Waals surface area contributed by atoms with Gasteiger partial charge in [0.05, 0.1) is 11.8 Å². The normalized spacial score (nSPS) is 57.0. The van der Waals surface area contributed by atoms with Crippen LogP contribution in [-0.2, 0) is 9.59 Å². The molecule has 3 heteroatoms. The van der Waals surface area contributed by atoms with Gasteiger partial charge >= 0.3 is 0 Å². The summed E-state index contributed by atoms with van der Waals surface area (Å²) < 4.78 is 0. The van der Waals surface area contributed by atoms with Crippen LogP contribution in [0, 0.1) is 59.2 Å². The first-order valence-corrected chi connectivity index (χ1v) is 10.9. The van der Waals surface area contributed by atoms with E-state index in [1.165, 1.54) is 43.4 Å². The van der Waals surface area contributed by atoms with Crippen molar-refractivity contribution in [2.45, 2.75) is 38.5 Å². The van der Waals surface area contributed by atoms with Gasteiger partial charge < -0.3 is 0 Å². The van der Waals surface area contributed by atoms with E-state index in [1.54, 1.807) is 18.2 Å². The molecule has 10 aliphatic carbocycles. The molecule has 11 aliphatic rings. The molecule has 11 rings (SSSR count). The first kappa shape index (κ1) is 13.7. The van der Waals surface area contributed by atoms with Gasteiger partial charge in [-0.15, -0.1) is 0 Å². The highest BCUT2D eigenvalue weighted by atomic mass is 16.2. The predicted octanol–water partition coefficient (Wildman–Crippen LogP) is 3.18. The van der Waals surface area contributed by atoms with Crippen molar-refractivity contribution in [1.29, 1.82) is 0 Å². The molecule has 4 unspecified atom stereocenters. The molecule has 0 N–H and O–H groups in total. The van der Waals surface area contributed by atoms with Gasteiger partial charge in [-0.25, -0.2) is 0 Å². The largest absolute Gasteiger partial charge is 0.285 e. The van der Waals surface area contributed by atoms with Crippen molar-refractivity contribution in [2.75, 3.05) is 7.05 Å². The van der Waals surface area contributed by atoms with Gasteiger partial charge in [0.15, 0.2) is 0 Å². The van der Waals surface area contributed by atoms with E-state index in [0.717, 1.165) is 23.7 Å². The molecule has 3 nitrogen and oxygen atoms in total. The van der Waals surface area contributed by atoms with Gasteiger partial charge in [0.2, 0.25) is 11.8 Å². The molecule has 1 saturated heterocycles. The summed E-state index contributed by atoms with van der Waals surface area (Å²) in [5.74, 6) is 5.83. The second kappa shape index (κ2) is 3.91. The maximum Gasteiger partial charge on any atom is 0.233 e. The molecular formula is C23H25NO2. The molecule has 0 aromatic rings. The first-order valence-electron chi connectivity index (χ1n) is 10.9. The molecule has 134 valence electrons. The van der Waals surface area contributed by atoms with Crippen LogP contribution >= 0.6 is 0 Å². The Morgan fingerprint density at radius 1 is 0.692 bits per heavy atom. The lowest BCUT2D eigenvalue weighted by molar-refractivity contribution is -0.138. The Hall–Kier alpha value is -1.38. The van der Waals surface area contributed by atoms with E-state index >= 15 is 0 Å². The number of allylic oxidation sites excluding steroid dienone is 4. The number of likely N-dealkylation sites (tertiary alicyclic amines) is 1. The number of hydrogen-bond acceptors (Lipinski definition) is 2. The van der Waals surface area contributed by atoms with Crippen molar-refractivity contribution in [2.24, 2.45) is 59.2 Å². The minimum absolute atomic E-state index is 0.00153. The van der Waals surface area contributed by atoms with Gasteiger partial charge in [-0.2, -0.15) is 0 Å². The number of nitrogens with zero attached hydrogens (tertiary/aromatic N) is 1. The second-order valence-electron chi connectivity index (χ2n) is 10.7. The zero-order valence-electron chi connectivity index (χ0n) is 15.3. The average Bonchev–Trinajstić information content (AvgIpc) is 3.41. The van der Waals surface area contributed by atoms with Crippen molar-refractivity contribution >= 4 is 11.8 Å². The third kappa shape index (κ3) is 1.16. The van der Waals surface area contributed by atoms with Gasteiger partial charge in [0.1, 0.15) is 0 Å². The molecule has 6 saturated carbocycles. The summed E-state index contributed by atoms with van der Waals surface area (Å²) in [5.41, 5.74) is 7.13. The van der Waals surface area contributed by atoms with Crippen LogP contribution in [0.3, 0.4) is 0 Å². The SMILES string of the molecule is CN1C(=O)[C@@H]2[C@H](C1=O)[C@@H]1C3=C4CC5CC(=C6[C@H]7CC[C@@H]6C1C7[C@H]32)CC5C4. The van der Waals surface area contributed by atoms with E-state index in [-0.39, 0.29) is 23.7 Å². The zero-order valence-corrected chi connectivity index (χ0v) is 15.3. The van der Waals surface area contributed by atoms with Gasteiger partial charge in [-0.3, -0.25) is 14.5 Å². The van der Waals surface area contributed by atoms with E-state index in [1.807, 2.05) is 11.1 Å². The number of amides is 2. The molecule has 0 aromatic heterocycles. The highest BCUT2D eigenvalue weighted by molar-refractivity contribution is 6.06. The van der Waals surface area contributed by atoms with Crippen molar-refractivity contribution in [1.82, 2.24) is 4.90 Å². The van der Waals surface area contributed by atoms with E-state index in [2.05, 4.69) is 0 Å². The van der Waals surface area contributed by atoms with E-state index in [9.17, 15) is 9.59 Å². The van der Waals surface area contributed by atoms with Gasteiger partial charge in [-0.1, -0.05) is 22.3 Å². The number of fused-ring (bicyclic) bond motifs is 1. The Labute approximate surface area is 153 Å². The van der Waals surface area contributed by atoms with Crippen LogP contribution in [-0.4, -0.2) is 23.8 Å². The summed E-state index contributed by atoms with van der Waals surface area (Å²) in [5, 5.41) is 0. The summed E-state index contributed by atoms with van der Waals surface area (Å²) in [6.45, 7) is 0. The molecule has 0 aromatic carbocycles. The Morgan fingerprint density at radius 2 is 1.15 bits per heavy atom. The van der Waals surface area contributed by atoms with Crippen LogP contribution in [0.1, 0.15) is 38.5 Å². The van der Waals surface area contributed by atoms with E-state index in [4.69, 9.17) is 0 Å². The van der Waals surface area contributed by atoms with Crippen LogP contribution in [0.2, 0.25) is 0 Å². The standard InChI is InChI=1S/C23H25NO2/c1-24-22(25)20-18-15-11-6-8-4-10(5-9(8)7-11)14-12-2-3-13(14)17(16(12)18)19(15)21(20)23(24)26/h8-9,12-13,16-21H,2-7H2,1H3/t8?,9?,12-,13+,16?,17?,18+,19-,20+,21-. The molecule has 26 heavy (non-hydrogen) atoms. The Morgan fingerprint density at radius 3 is 1.65 bits per heavy atom. The molecule has 1 heterocycles. The molecule has 2 amide bonds. The van der Waals surface area contributed by atoms with Crippen LogP contribution < -0.4 is 0 Å². The van der Waals surface area contributed by atoms with Crippen molar-refractivity contribution < 1.29 is 9.59 Å². The van der Waals surface area contributed by atoms with Crippen molar-refractivity contribution in [3.8, 4) is 0 Å². The fraction of sp³-hybridized carbons (Fsp3) is 0.739. The van der Waals surface area contributed by atoms with E-state index in [0.29, 0.717) is 23.7 Å². The number of carbonyl (C=O) groups excluding carboxylic acids is 2. The molecule has 10 atom stereocenters. The maximum atomic E-state index is 13.0. The summed E-state index contributed by atoms with van der Waals surface area (Å²) >= 11 is 0. The fourth-order valence-electron chi connectivity index (χ4n) is 10.1. The lowest BCUT2D eigenvalue weighted by Crippen LogP contribution is -2.39. The Bertz CT molecular complexity index is 830. The van der Waals surface area contributed by atoms with Crippen LogP contribution in [0.5, 0.6) is 0 Å². The van der Waals surface area contributed by atoms with E-state index < -0.39 is 0 Å². The predicted molar refractivity (Wildman–Crippen MR) is 94.4 cm³/mol. The summed E-state index contributed by atoms with van der Waals surface area (Å²) in [6, 6.07) is 0. The quantitative estimate of drug-likeness (QED) is 0.499. The maximum absolute atomic E-state index is 13.0. The first-order chi connectivity index (χ1) is 12.6. The summed E-state index contributed by atoms with van der Waals surface area (Å²) in [4.78, 5) is 27.6. The lowest BCUT2D eigenvalue weighted by Gasteiger charge is -2.37. The molecule has 7 fully saturated rings.